The van der Waals surface area contributed by atoms with Gasteiger partial charge in [-0.1, -0.05) is 48.6 Å². The zero-order valence-corrected chi connectivity index (χ0v) is 21.5. The molecule has 39 heavy (non-hydrogen) atoms. The van der Waals surface area contributed by atoms with Gasteiger partial charge in [0.15, 0.2) is 12.1 Å². The molecular formula is C31H27F2NO5. The van der Waals surface area contributed by atoms with Crippen molar-refractivity contribution in [1.29, 1.82) is 0 Å². The summed E-state index contributed by atoms with van der Waals surface area (Å²) in [5.74, 6) is -2.80. The van der Waals surface area contributed by atoms with Crippen LogP contribution in [-0.4, -0.2) is 47.5 Å². The van der Waals surface area contributed by atoms with Crippen molar-refractivity contribution >= 4 is 17.9 Å². The number of carbonyl (C=O) groups excluding carboxylic acids is 2. The summed E-state index contributed by atoms with van der Waals surface area (Å²) in [7, 11) is 0. The molecular weight excluding hydrogens is 504 g/mol. The van der Waals surface area contributed by atoms with Gasteiger partial charge in [-0.2, -0.15) is 0 Å². The number of nitrogens with zero attached hydrogens (tertiary/aromatic N) is 1. The molecule has 0 saturated carbocycles. The van der Waals surface area contributed by atoms with Gasteiger partial charge in [0.1, 0.15) is 17.7 Å². The fourth-order valence-electron chi connectivity index (χ4n) is 5.55. The van der Waals surface area contributed by atoms with E-state index < -0.39 is 23.7 Å². The van der Waals surface area contributed by atoms with Crippen LogP contribution in [-0.2, 0) is 14.2 Å². The maximum Gasteiger partial charge on any atom is 0.261 e. The number of amides is 2. The molecule has 0 unspecified atom stereocenters. The van der Waals surface area contributed by atoms with Gasteiger partial charge >= 0.3 is 0 Å². The highest BCUT2D eigenvalue weighted by atomic mass is 19.1. The second kappa shape index (κ2) is 9.79. The van der Waals surface area contributed by atoms with Crippen molar-refractivity contribution in [2.75, 3.05) is 6.54 Å². The Kier molecular flexibility index (Phi) is 6.41. The van der Waals surface area contributed by atoms with Crippen molar-refractivity contribution in [2.24, 2.45) is 5.92 Å². The van der Waals surface area contributed by atoms with Gasteiger partial charge in [-0.25, -0.2) is 8.78 Å². The topological polar surface area (TPSA) is 65.1 Å². The lowest BCUT2D eigenvalue weighted by molar-refractivity contribution is -0.205. The molecule has 4 atom stereocenters. The molecule has 3 heterocycles. The van der Waals surface area contributed by atoms with Crippen LogP contribution in [0.3, 0.4) is 0 Å². The van der Waals surface area contributed by atoms with E-state index in [0.717, 1.165) is 11.6 Å². The first-order valence-corrected chi connectivity index (χ1v) is 12.9. The van der Waals surface area contributed by atoms with Crippen LogP contribution in [0.4, 0.5) is 8.78 Å². The molecule has 0 aliphatic carbocycles. The standard InChI is InChI=1S/C31H27F2NO5/c1-31(2)38-27-25(13-14-34-28(35)23-5-3-4-6-24(23)29(34)36)26(37-30(27)39-31)12-9-18-7-10-19(11-8-18)20-15-21(32)17-22(33)16-20/h3-12,15-17,25-27,30H,13-14H2,1-2H3/t25-,26-,27-,30-/m0/s1. The Morgan fingerprint density at radius 2 is 1.51 bits per heavy atom. The van der Waals surface area contributed by atoms with Gasteiger partial charge in [0.05, 0.1) is 17.2 Å². The van der Waals surface area contributed by atoms with Gasteiger partial charge in [0.25, 0.3) is 11.8 Å². The summed E-state index contributed by atoms with van der Waals surface area (Å²) < 4.78 is 45.5. The SMILES string of the molecule is CC1(C)O[C@@H]2O[C@@H](C=Cc3ccc(-c4cc(F)cc(F)c4)cc3)[C@H](CCN3C(=O)c4ccccc4C3=O)[C@@H]2O1. The van der Waals surface area contributed by atoms with Crippen molar-refractivity contribution in [1.82, 2.24) is 4.90 Å². The molecule has 6 nitrogen and oxygen atoms in total. The van der Waals surface area contributed by atoms with Crippen LogP contribution in [0.5, 0.6) is 0 Å². The van der Waals surface area contributed by atoms with Crippen LogP contribution in [0, 0.1) is 17.6 Å². The van der Waals surface area contributed by atoms with E-state index in [0.29, 0.717) is 28.7 Å². The van der Waals surface area contributed by atoms with E-state index in [9.17, 15) is 18.4 Å². The lowest BCUT2D eigenvalue weighted by Crippen LogP contribution is -2.36. The van der Waals surface area contributed by atoms with Gasteiger partial charge in [-0.3, -0.25) is 14.5 Å². The van der Waals surface area contributed by atoms with E-state index >= 15 is 0 Å². The Bertz CT molecular complexity index is 1410. The molecule has 3 aromatic carbocycles. The average Bonchev–Trinajstić information content (AvgIpc) is 3.46. The molecule has 6 rings (SSSR count). The molecule has 2 fully saturated rings. The largest absolute Gasteiger partial charge is 0.342 e. The first-order chi connectivity index (χ1) is 18.7. The Balaban J connectivity index is 1.18. The molecule has 8 heteroatoms. The summed E-state index contributed by atoms with van der Waals surface area (Å²) >= 11 is 0. The normalized spacial score (nSPS) is 25.5. The molecule has 3 aromatic rings. The smallest absolute Gasteiger partial charge is 0.261 e. The Morgan fingerprint density at radius 1 is 0.872 bits per heavy atom. The Hall–Kier alpha value is -3.72. The highest BCUT2D eigenvalue weighted by molar-refractivity contribution is 6.21. The van der Waals surface area contributed by atoms with Crippen molar-refractivity contribution in [2.45, 2.75) is 44.6 Å². The minimum Gasteiger partial charge on any atom is -0.342 e. The predicted octanol–water partition coefficient (Wildman–Crippen LogP) is 5.82. The molecule has 3 aliphatic heterocycles. The summed E-state index contributed by atoms with van der Waals surface area (Å²) in [6.07, 6.45) is 3.01. The van der Waals surface area contributed by atoms with Crippen LogP contribution in [0.25, 0.3) is 17.2 Å². The first kappa shape index (κ1) is 25.6. The van der Waals surface area contributed by atoms with E-state index in [1.54, 1.807) is 36.4 Å². The van der Waals surface area contributed by atoms with E-state index in [1.807, 2.05) is 38.1 Å². The van der Waals surface area contributed by atoms with Crippen molar-refractivity contribution in [3.8, 4) is 11.1 Å². The average molecular weight is 532 g/mol. The van der Waals surface area contributed by atoms with Crippen LogP contribution in [0.1, 0.15) is 46.5 Å². The number of fused-ring (bicyclic) bond motifs is 2. The lowest BCUT2D eigenvalue weighted by atomic mass is 9.93. The Morgan fingerprint density at radius 3 is 2.15 bits per heavy atom. The number of halogens is 2. The van der Waals surface area contributed by atoms with E-state index in [-0.39, 0.29) is 36.5 Å². The third-order valence-electron chi connectivity index (χ3n) is 7.37. The van der Waals surface area contributed by atoms with Crippen molar-refractivity contribution < 1.29 is 32.6 Å². The van der Waals surface area contributed by atoms with Gasteiger partial charge in [0, 0.05) is 18.5 Å². The minimum atomic E-state index is -0.802. The van der Waals surface area contributed by atoms with Crippen LogP contribution < -0.4 is 0 Å². The zero-order valence-electron chi connectivity index (χ0n) is 21.5. The third kappa shape index (κ3) is 4.91. The molecule has 0 bridgehead atoms. The first-order valence-electron chi connectivity index (χ1n) is 12.9. The fraction of sp³-hybridized carbons (Fsp3) is 0.290. The van der Waals surface area contributed by atoms with Gasteiger partial charge in [-0.05, 0) is 61.2 Å². The molecule has 0 spiro atoms. The van der Waals surface area contributed by atoms with Gasteiger partial charge in [0.2, 0.25) is 0 Å². The summed E-state index contributed by atoms with van der Waals surface area (Å²) in [5, 5.41) is 0. The molecule has 0 aromatic heterocycles. The fourth-order valence-corrected chi connectivity index (χ4v) is 5.55. The monoisotopic (exact) mass is 531 g/mol. The third-order valence-corrected chi connectivity index (χ3v) is 7.37. The number of hydrogen-bond acceptors (Lipinski definition) is 5. The van der Waals surface area contributed by atoms with E-state index in [4.69, 9.17) is 14.2 Å². The highest BCUT2D eigenvalue weighted by Gasteiger charge is 2.54. The minimum absolute atomic E-state index is 0.160. The van der Waals surface area contributed by atoms with Gasteiger partial charge in [-0.15, -0.1) is 0 Å². The molecule has 200 valence electrons. The molecule has 2 amide bonds. The molecule has 2 saturated heterocycles. The highest BCUT2D eigenvalue weighted by Crippen LogP contribution is 2.43. The van der Waals surface area contributed by atoms with Crippen molar-refractivity contribution in [3.63, 3.8) is 0 Å². The number of benzene rings is 3. The van der Waals surface area contributed by atoms with Gasteiger partial charge < -0.3 is 14.2 Å². The number of rotatable bonds is 6. The van der Waals surface area contributed by atoms with Crippen LogP contribution in [0.2, 0.25) is 0 Å². The molecule has 0 N–H and O–H groups in total. The quantitative estimate of drug-likeness (QED) is 0.375. The van der Waals surface area contributed by atoms with Crippen LogP contribution in [0.15, 0.2) is 72.8 Å². The summed E-state index contributed by atoms with van der Waals surface area (Å²) in [6.45, 7) is 3.89. The lowest BCUT2D eigenvalue weighted by Gasteiger charge is -2.25. The summed E-state index contributed by atoms with van der Waals surface area (Å²) in [4.78, 5) is 27.0. The van der Waals surface area contributed by atoms with Crippen LogP contribution >= 0.6 is 0 Å². The summed E-state index contributed by atoms with van der Waals surface area (Å²) in [5.41, 5.74) is 2.87. The second-order valence-corrected chi connectivity index (χ2v) is 10.5. The van der Waals surface area contributed by atoms with E-state index in [1.165, 1.54) is 17.0 Å². The molecule has 3 aliphatic rings. The zero-order chi connectivity index (χ0) is 27.3. The summed E-state index contributed by atoms with van der Waals surface area (Å²) in [6, 6.07) is 17.6. The number of ether oxygens (including phenoxy) is 3. The number of carbonyl (C=O) groups is 2. The maximum atomic E-state index is 13.6. The predicted molar refractivity (Wildman–Crippen MR) is 139 cm³/mol. The second-order valence-electron chi connectivity index (χ2n) is 10.5. The Labute approximate surface area is 224 Å². The van der Waals surface area contributed by atoms with E-state index in [2.05, 4.69) is 0 Å². The number of hydrogen-bond donors (Lipinski definition) is 0. The maximum absolute atomic E-state index is 13.6. The number of imide groups is 1. The molecule has 0 radical (unpaired) electrons. The van der Waals surface area contributed by atoms with Crippen molar-refractivity contribution in [3.05, 3.63) is 101 Å².